The Morgan fingerprint density at radius 2 is 1.95 bits per heavy atom. The Bertz CT molecular complexity index is 532. The normalized spacial score (nSPS) is 16.7. The van der Waals surface area contributed by atoms with Gasteiger partial charge in [-0.3, -0.25) is 0 Å². The van der Waals surface area contributed by atoms with E-state index in [4.69, 9.17) is 10.3 Å². The third-order valence-electron chi connectivity index (χ3n) is 3.50. The van der Waals surface area contributed by atoms with Crippen molar-refractivity contribution in [3.63, 3.8) is 0 Å². The summed E-state index contributed by atoms with van der Waals surface area (Å²) in [6.07, 6.45) is 2.56. The maximum absolute atomic E-state index is 5.46. The highest BCUT2D eigenvalue weighted by molar-refractivity contribution is 7.99. The van der Waals surface area contributed by atoms with Crippen LogP contribution in [0, 0.1) is 0 Å². The van der Waals surface area contributed by atoms with Crippen LogP contribution in [0.3, 0.4) is 0 Å². The monoisotopic (exact) mass is 275 g/mol. The van der Waals surface area contributed by atoms with Crippen molar-refractivity contribution in [3.8, 4) is 11.4 Å². The van der Waals surface area contributed by atoms with Crippen molar-refractivity contribution in [1.29, 1.82) is 0 Å². The highest BCUT2D eigenvalue weighted by Crippen LogP contribution is 2.32. The number of rotatable bonds is 3. The lowest BCUT2D eigenvalue weighted by Gasteiger charge is -2.21. The Morgan fingerprint density at radius 1 is 1.21 bits per heavy atom. The molecule has 1 aliphatic heterocycles. The summed E-state index contributed by atoms with van der Waals surface area (Å²) >= 11 is 2.05. The second kappa shape index (κ2) is 5.75. The van der Waals surface area contributed by atoms with E-state index < -0.39 is 0 Å². The van der Waals surface area contributed by atoms with Gasteiger partial charge in [0.2, 0.25) is 11.7 Å². The largest absolute Gasteiger partial charge is 0.338 e. The van der Waals surface area contributed by atoms with Crippen molar-refractivity contribution in [2.24, 2.45) is 5.73 Å². The number of hydrogen-bond acceptors (Lipinski definition) is 5. The first-order valence-electron chi connectivity index (χ1n) is 6.57. The van der Waals surface area contributed by atoms with Crippen molar-refractivity contribution in [2.75, 3.05) is 11.5 Å². The second-order valence-electron chi connectivity index (χ2n) is 4.72. The summed E-state index contributed by atoms with van der Waals surface area (Å²) in [6, 6.07) is 8.52. The van der Waals surface area contributed by atoms with Crippen molar-refractivity contribution in [2.45, 2.75) is 25.3 Å². The molecule has 0 atom stereocenters. The van der Waals surface area contributed by atoms with E-state index in [0.717, 1.165) is 5.56 Å². The van der Waals surface area contributed by atoms with Crippen molar-refractivity contribution < 1.29 is 4.52 Å². The van der Waals surface area contributed by atoms with Gasteiger partial charge in [-0.25, -0.2) is 0 Å². The molecule has 0 amide bonds. The number of nitrogens with zero attached hydrogens (tertiary/aromatic N) is 2. The van der Waals surface area contributed by atoms with Crippen LogP contribution in [0.15, 0.2) is 28.8 Å². The van der Waals surface area contributed by atoms with Gasteiger partial charge in [0.15, 0.2) is 0 Å². The van der Waals surface area contributed by atoms with E-state index in [1.165, 1.54) is 29.9 Å². The van der Waals surface area contributed by atoms with Crippen LogP contribution in [0.25, 0.3) is 11.4 Å². The van der Waals surface area contributed by atoms with Crippen molar-refractivity contribution in [1.82, 2.24) is 10.1 Å². The van der Waals surface area contributed by atoms with Gasteiger partial charge >= 0.3 is 0 Å². The average Bonchev–Trinajstić information content (AvgIpc) is 2.97. The molecule has 3 rings (SSSR count). The van der Waals surface area contributed by atoms with Crippen LogP contribution >= 0.6 is 11.8 Å². The fraction of sp³-hybridized carbons (Fsp3) is 0.429. The van der Waals surface area contributed by atoms with Gasteiger partial charge in [-0.05, 0) is 35.8 Å². The van der Waals surface area contributed by atoms with Crippen LogP contribution < -0.4 is 5.73 Å². The summed E-state index contributed by atoms with van der Waals surface area (Å²) < 4.78 is 5.03. The number of thioether (sulfide) groups is 1. The topological polar surface area (TPSA) is 64.9 Å². The molecule has 2 heterocycles. The Morgan fingerprint density at radius 3 is 2.58 bits per heavy atom. The molecule has 2 N–H and O–H groups in total. The maximum Gasteiger partial charge on any atom is 0.240 e. The molecule has 1 aromatic carbocycles. The molecule has 1 saturated heterocycles. The maximum atomic E-state index is 5.46. The zero-order valence-electron chi connectivity index (χ0n) is 10.7. The molecule has 1 fully saturated rings. The molecular weight excluding hydrogens is 258 g/mol. The van der Waals surface area contributed by atoms with Gasteiger partial charge < -0.3 is 10.3 Å². The molecule has 2 aromatic rings. The molecular formula is C14H17N3OS. The SMILES string of the molecule is NCc1nc(-c2ccc(C3CCSCC3)cc2)no1. The molecule has 100 valence electrons. The van der Waals surface area contributed by atoms with Crippen molar-refractivity contribution >= 4 is 11.8 Å². The summed E-state index contributed by atoms with van der Waals surface area (Å²) in [5.41, 5.74) is 7.87. The van der Waals surface area contributed by atoms with Crippen LogP contribution in [-0.4, -0.2) is 21.6 Å². The molecule has 0 aliphatic carbocycles. The highest BCUT2D eigenvalue weighted by Gasteiger charge is 2.16. The van der Waals surface area contributed by atoms with E-state index in [0.29, 0.717) is 17.6 Å². The molecule has 0 saturated carbocycles. The van der Waals surface area contributed by atoms with Gasteiger partial charge in [0, 0.05) is 5.56 Å². The third-order valence-corrected chi connectivity index (χ3v) is 4.55. The second-order valence-corrected chi connectivity index (χ2v) is 5.95. The quantitative estimate of drug-likeness (QED) is 0.933. The first-order valence-corrected chi connectivity index (χ1v) is 7.73. The molecule has 0 bridgehead atoms. The van der Waals surface area contributed by atoms with Crippen LogP contribution in [0.5, 0.6) is 0 Å². The van der Waals surface area contributed by atoms with E-state index in [2.05, 4.69) is 46.2 Å². The van der Waals surface area contributed by atoms with Gasteiger partial charge in [0.1, 0.15) is 0 Å². The van der Waals surface area contributed by atoms with Crippen LogP contribution in [0.1, 0.15) is 30.2 Å². The number of benzene rings is 1. The first kappa shape index (κ1) is 12.7. The van der Waals surface area contributed by atoms with Gasteiger partial charge in [-0.1, -0.05) is 29.4 Å². The predicted molar refractivity (Wildman–Crippen MR) is 76.9 cm³/mol. The molecule has 5 heteroatoms. The summed E-state index contributed by atoms with van der Waals surface area (Å²) in [4.78, 5) is 4.24. The molecule has 0 spiro atoms. The van der Waals surface area contributed by atoms with Gasteiger partial charge in [0.05, 0.1) is 6.54 Å². The van der Waals surface area contributed by atoms with Gasteiger partial charge in [-0.15, -0.1) is 0 Å². The lowest BCUT2D eigenvalue weighted by Crippen LogP contribution is -2.07. The zero-order valence-corrected chi connectivity index (χ0v) is 11.5. The number of aromatic nitrogens is 2. The Balaban J connectivity index is 1.78. The van der Waals surface area contributed by atoms with E-state index >= 15 is 0 Å². The van der Waals surface area contributed by atoms with Crippen LogP contribution in [-0.2, 0) is 6.54 Å². The fourth-order valence-corrected chi connectivity index (χ4v) is 3.50. The molecule has 0 radical (unpaired) electrons. The minimum Gasteiger partial charge on any atom is -0.338 e. The Labute approximate surface area is 116 Å². The van der Waals surface area contributed by atoms with Gasteiger partial charge in [0.25, 0.3) is 0 Å². The van der Waals surface area contributed by atoms with E-state index in [1.54, 1.807) is 0 Å². The molecule has 1 aliphatic rings. The summed E-state index contributed by atoms with van der Waals surface area (Å²) in [5, 5.41) is 3.93. The molecule has 1 aromatic heterocycles. The van der Waals surface area contributed by atoms with E-state index in [9.17, 15) is 0 Å². The lowest BCUT2D eigenvalue weighted by atomic mass is 9.93. The third kappa shape index (κ3) is 2.82. The fourth-order valence-electron chi connectivity index (χ4n) is 2.39. The van der Waals surface area contributed by atoms with Crippen LogP contribution in [0.2, 0.25) is 0 Å². The summed E-state index contributed by atoms with van der Waals surface area (Å²) in [6.45, 7) is 0.283. The van der Waals surface area contributed by atoms with Crippen molar-refractivity contribution in [3.05, 3.63) is 35.7 Å². The lowest BCUT2D eigenvalue weighted by molar-refractivity contribution is 0.380. The summed E-state index contributed by atoms with van der Waals surface area (Å²) in [7, 11) is 0. The summed E-state index contributed by atoms with van der Waals surface area (Å²) in [5.74, 6) is 4.35. The van der Waals surface area contributed by atoms with Crippen LogP contribution in [0.4, 0.5) is 0 Å². The highest BCUT2D eigenvalue weighted by atomic mass is 32.2. The zero-order chi connectivity index (χ0) is 13.1. The minimum atomic E-state index is 0.283. The van der Waals surface area contributed by atoms with E-state index in [1.807, 2.05) is 0 Å². The average molecular weight is 275 g/mol. The minimum absolute atomic E-state index is 0.283. The molecule has 0 unspecified atom stereocenters. The standard InChI is InChI=1S/C14H17N3OS/c15-9-13-16-14(17-18-13)12-3-1-10(2-4-12)11-5-7-19-8-6-11/h1-4,11H,5-9,15H2. The smallest absolute Gasteiger partial charge is 0.240 e. The van der Waals surface area contributed by atoms with Gasteiger partial charge in [-0.2, -0.15) is 16.7 Å². The molecule has 19 heavy (non-hydrogen) atoms. The predicted octanol–water partition coefficient (Wildman–Crippen LogP) is 2.81. The Hall–Kier alpha value is -1.33. The first-order chi connectivity index (χ1) is 9.36. The Kier molecular flexibility index (Phi) is 3.84. The number of nitrogens with two attached hydrogens (primary N) is 1. The molecule has 4 nitrogen and oxygen atoms in total. The number of hydrogen-bond donors (Lipinski definition) is 1. The van der Waals surface area contributed by atoms with E-state index in [-0.39, 0.29) is 6.54 Å².